The van der Waals surface area contributed by atoms with Gasteiger partial charge >= 0.3 is 0 Å². The van der Waals surface area contributed by atoms with Crippen LogP contribution < -0.4 is 5.32 Å². The van der Waals surface area contributed by atoms with Gasteiger partial charge in [-0.3, -0.25) is 0 Å². The molecule has 0 amide bonds. The van der Waals surface area contributed by atoms with E-state index in [4.69, 9.17) is 11.6 Å². The molecule has 0 spiro atoms. The van der Waals surface area contributed by atoms with Crippen LogP contribution in [0.25, 0.3) is 0 Å². The molecule has 0 bridgehead atoms. The van der Waals surface area contributed by atoms with Crippen molar-refractivity contribution >= 4 is 11.6 Å². The molecule has 0 saturated carbocycles. The zero-order valence-corrected chi connectivity index (χ0v) is 13.0. The van der Waals surface area contributed by atoms with Crippen molar-refractivity contribution in [3.63, 3.8) is 0 Å². The Labute approximate surface area is 117 Å². The lowest BCUT2D eigenvalue weighted by molar-refractivity contribution is 0.356. The highest BCUT2D eigenvalue weighted by atomic mass is 35.5. The Bertz CT molecular complexity index is 368. The molecule has 0 aliphatic heterocycles. The van der Waals surface area contributed by atoms with Gasteiger partial charge in [0, 0.05) is 23.0 Å². The first-order chi connectivity index (χ1) is 8.35. The Morgan fingerprint density at radius 1 is 1.22 bits per heavy atom. The highest BCUT2D eigenvalue weighted by Gasteiger charge is 2.22. The predicted molar refractivity (Wildman–Crippen MR) is 81.4 cm³/mol. The van der Waals surface area contributed by atoms with Gasteiger partial charge in [-0.25, -0.2) is 0 Å². The van der Waals surface area contributed by atoms with E-state index in [2.05, 4.69) is 52.1 Å². The van der Waals surface area contributed by atoms with Crippen molar-refractivity contribution in [2.75, 3.05) is 6.54 Å². The molecule has 1 nitrogen and oxygen atoms in total. The molecule has 0 fully saturated rings. The zero-order chi connectivity index (χ0) is 13.8. The third-order valence-corrected chi connectivity index (χ3v) is 3.83. The van der Waals surface area contributed by atoms with Crippen LogP contribution >= 0.6 is 11.6 Å². The lowest BCUT2D eigenvalue weighted by atomic mass is 9.85. The van der Waals surface area contributed by atoms with E-state index in [-0.39, 0.29) is 5.54 Å². The molecule has 0 heterocycles. The summed E-state index contributed by atoms with van der Waals surface area (Å²) < 4.78 is 0. The van der Waals surface area contributed by atoms with Gasteiger partial charge in [0.25, 0.3) is 0 Å². The summed E-state index contributed by atoms with van der Waals surface area (Å²) >= 11 is 6.34. The minimum Gasteiger partial charge on any atom is -0.311 e. The Balaban J connectivity index is 2.89. The van der Waals surface area contributed by atoms with Gasteiger partial charge in [-0.15, -0.1) is 0 Å². The molecule has 0 radical (unpaired) electrons. The molecule has 2 unspecified atom stereocenters. The molecule has 1 rings (SSSR count). The summed E-state index contributed by atoms with van der Waals surface area (Å²) in [6.45, 7) is 12.1. The van der Waals surface area contributed by atoms with E-state index in [1.807, 2.05) is 12.1 Å². The molecule has 0 aliphatic rings. The van der Waals surface area contributed by atoms with Crippen LogP contribution in [0.3, 0.4) is 0 Å². The molecule has 0 aromatic heterocycles. The molecule has 102 valence electrons. The monoisotopic (exact) mass is 267 g/mol. The summed E-state index contributed by atoms with van der Waals surface area (Å²) in [7, 11) is 0. The van der Waals surface area contributed by atoms with Crippen LogP contribution in [0.15, 0.2) is 24.3 Å². The number of hydrogen-bond donors (Lipinski definition) is 1. The van der Waals surface area contributed by atoms with E-state index >= 15 is 0 Å². The first-order valence-electron chi connectivity index (χ1n) is 6.84. The van der Waals surface area contributed by atoms with Crippen molar-refractivity contribution in [3.05, 3.63) is 34.9 Å². The van der Waals surface area contributed by atoms with E-state index in [1.54, 1.807) is 0 Å². The largest absolute Gasteiger partial charge is 0.311 e. The molecule has 18 heavy (non-hydrogen) atoms. The summed E-state index contributed by atoms with van der Waals surface area (Å²) in [4.78, 5) is 0. The van der Waals surface area contributed by atoms with Gasteiger partial charge in [-0.05, 0) is 38.3 Å². The van der Waals surface area contributed by atoms with Crippen LogP contribution in [0.4, 0.5) is 0 Å². The number of nitrogens with one attached hydrogen (secondary N) is 1. The summed E-state index contributed by atoms with van der Waals surface area (Å²) in [6, 6.07) is 8.22. The maximum absolute atomic E-state index is 6.34. The fourth-order valence-electron chi connectivity index (χ4n) is 2.09. The topological polar surface area (TPSA) is 12.0 Å². The molecule has 1 aromatic rings. The second-order valence-electron chi connectivity index (χ2n) is 6.14. The van der Waals surface area contributed by atoms with E-state index < -0.39 is 0 Å². The van der Waals surface area contributed by atoms with Gasteiger partial charge < -0.3 is 5.32 Å². The van der Waals surface area contributed by atoms with E-state index in [0.717, 1.165) is 11.6 Å². The minimum absolute atomic E-state index is 0.146. The van der Waals surface area contributed by atoms with Crippen LogP contribution in [0, 0.1) is 5.92 Å². The molecule has 2 atom stereocenters. The normalized spacial score (nSPS) is 15.4. The second-order valence-corrected chi connectivity index (χ2v) is 6.55. The van der Waals surface area contributed by atoms with Gasteiger partial charge in [-0.1, -0.05) is 50.1 Å². The fourth-order valence-corrected chi connectivity index (χ4v) is 2.37. The molecule has 2 heteroatoms. The van der Waals surface area contributed by atoms with Gasteiger partial charge in [-0.2, -0.15) is 0 Å². The molecular formula is C16H26ClN. The third-order valence-electron chi connectivity index (χ3n) is 3.49. The molecule has 1 aromatic carbocycles. The summed E-state index contributed by atoms with van der Waals surface area (Å²) in [5, 5.41) is 4.49. The van der Waals surface area contributed by atoms with Crippen molar-refractivity contribution in [2.45, 2.75) is 52.5 Å². The van der Waals surface area contributed by atoms with Gasteiger partial charge in [0.15, 0.2) is 0 Å². The summed E-state index contributed by atoms with van der Waals surface area (Å²) in [6.07, 6.45) is 1.17. The van der Waals surface area contributed by atoms with E-state index in [1.165, 1.54) is 12.0 Å². The summed E-state index contributed by atoms with van der Waals surface area (Å²) in [5.41, 5.74) is 1.41. The van der Waals surface area contributed by atoms with Gasteiger partial charge in [0.2, 0.25) is 0 Å². The summed E-state index contributed by atoms with van der Waals surface area (Å²) in [5.74, 6) is 1.10. The van der Waals surface area contributed by atoms with Crippen LogP contribution in [-0.2, 0) is 0 Å². The standard InChI is InChI=1S/C16H26ClN/c1-6-12(2)14(11-18-16(3,4)5)13-9-7-8-10-15(13)17/h7-10,12,14,18H,6,11H2,1-5H3. The quantitative estimate of drug-likeness (QED) is 0.804. The van der Waals surface area contributed by atoms with Crippen molar-refractivity contribution in [2.24, 2.45) is 5.92 Å². The molecule has 0 aliphatic carbocycles. The first kappa shape index (κ1) is 15.5. The molecular weight excluding hydrogens is 242 g/mol. The Kier molecular flexibility index (Phi) is 5.68. The maximum atomic E-state index is 6.34. The number of hydrogen-bond acceptors (Lipinski definition) is 1. The van der Waals surface area contributed by atoms with Crippen molar-refractivity contribution in [1.29, 1.82) is 0 Å². The van der Waals surface area contributed by atoms with E-state index in [0.29, 0.717) is 11.8 Å². The van der Waals surface area contributed by atoms with Crippen molar-refractivity contribution in [1.82, 2.24) is 5.32 Å². The van der Waals surface area contributed by atoms with E-state index in [9.17, 15) is 0 Å². The highest BCUT2D eigenvalue weighted by molar-refractivity contribution is 6.31. The number of halogens is 1. The smallest absolute Gasteiger partial charge is 0.0441 e. The lowest BCUT2D eigenvalue weighted by Gasteiger charge is -2.29. The average Bonchev–Trinajstić information content (AvgIpc) is 2.29. The highest BCUT2D eigenvalue weighted by Crippen LogP contribution is 2.31. The number of benzene rings is 1. The SMILES string of the molecule is CCC(C)C(CNC(C)(C)C)c1ccccc1Cl. The zero-order valence-electron chi connectivity index (χ0n) is 12.3. The molecule has 1 N–H and O–H groups in total. The molecule has 0 saturated heterocycles. The fraction of sp³-hybridized carbons (Fsp3) is 0.625. The van der Waals surface area contributed by atoms with Crippen molar-refractivity contribution < 1.29 is 0 Å². The van der Waals surface area contributed by atoms with Crippen molar-refractivity contribution in [3.8, 4) is 0 Å². The maximum Gasteiger partial charge on any atom is 0.0441 e. The Hall–Kier alpha value is -0.530. The third kappa shape index (κ3) is 4.62. The second kappa shape index (κ2) is 6.58. The minimum atomic E-state index is 0.146. The van der Waals surface area contributed by atoms with Crippen LogP contribution in [0.2, 0.25) is 5.02 Å². The van der Waals surface area contributed by atoms with Gasteiger partial charge in [0.05, 0.1) is 0 Å². The van der Waals surface area contributed by atoms with Crippen LogP contribution in [-0.4, -0.2) is 12.1 Å². The Morgan fingerprint density at radius 2 is 1.83 bits per heavy atom. The van der Waals surface area contributed by atoms with Crippen LogP contribution in [0.5, 0.6) is 0 Å². The Morgan fingerprint density at radius 3 is 2.33 bits per heavy atom. The first-order valence-corrected chi connectivity index (χ1v) is 7.22. The average molecular weight is 268 g/mol. The lowest BCUT2D eigenvalue weighted by Crippen LogP contribution is -2.39. The number of rotatable bonds is 5. The van der Waals surface area contributed by atoms with Gasteiger partial charge in [0.1, 0.15) is 0 Å². The predicted octanol–water partition coefficient (Wildman–Crippen LogP) is 4.86. The van der Waals surface area contributed by atoms with Crippen LogP contribution in [0.1, 0.15) is 52.5 Å².